The van der Waals surface area contributed by atoms with Gasteiger partial charge in [-0.2, -0.15) is 5.10 Å². The van der Waals surface area contributed by atoms with Gasteiger partial charge in [0.15, 0.2) is 5.69 Å². The largest absolute Gasteiger partial charge is 0.385 e. The van der Waals surface area contributed by atoms with Gasteiger partial charge < -0.3 is 16.0 Å². The second-order valence-corrected chi connectivity index (χ2v) is 10.2. The minimum Gasteiger partial charge on any atom is -0.385 e. The number of aromatic nitrogens is 2. The molecular formula is C27H32FN5O2. The van der Waals surface area contributed by atoms with Gasteiger partial charge in [0.25, 0.3) is 5.91 Å². The van der Waals surface area contributed by atoms with Crippen LogP contribution in [-0.4, -0.2) is 40.2 Å². The molecule has 1 fully saturated rings. The Hall–Kier alpha value is -3.68. The van der Waals surface area contributed by atoms with Gasteiger partial charge in [0.05, 0.1) is 18.6 Å². The minimum atomic E-state index is -0.773. The minimum absolute atomic E-state index is 0.240. The van der Waals surface area contributed by atoms with Crippen LogP contribution in [0.3, 0.4) is 0 Å². The highest BCUT2D eigenvalue weighted by Crippen LogP contribution is 2.23. The molecule has 2 aromatic carbocycles. The van der Waals surface area contributed by atoms with E-state index in [-0.39, 0.29) is 17.4 Å². The Kier molecular flexibility index (Phi) is 6.91. The second kappa shape index (κ2) is 9.90. The molecule has 1 atom stereocenters. The van der Waals surface area contributed by atoms with Crippen LogP contribution in [0.15, 0.2) is 60.8 Å². The summed E-state index contributed by atoms with van der Waals surface area (Å²) < 4.78 is 15.0. The smallest absolute Gasteiger partial charge is 0.273 e. The van der Waals surface area contributed by atoms with E-state index in [2.05, 4.69) is 27.6 Å². The zero-order valence-electron chi connectivity index (χ0n) is 20.4. The van der Waals surface area contributed by atoms with Gasteiger partial charge in [0, 0.05) is 17.1 Å². The van der Waals surface area contributed by atoms with Crippen LogP contribution in [0, 0.1) is 11.2 Å². The number of carbonyl (C=O) groups is 2. The first-order valence-corrected chi connectivity index (χ1v) is 11.8. The molecule has 1 saturated carbocycles. The van der Waals surface area contributed by atoms with Gasteiger partial charge in [-0.1, -0.05) is 57.7 Å². The molecule has 1 aliphatic carbocycles. The van der Waals surface area contributed by atoms with Gasteiger partial charge >= 0.3 is 0 Å². The van der Waals surface area contributed by atoms with Crippen LogP contribution in [0.2, 0.25) is 0 Å². The first-order valence-electron chi connectivity index (χ1n) is 11.8. The Bertz CT molecular complexity index is 1240. The summed E-state index contributed by atoms with van der Waals surface area (Å²) in [5, 5.41) is 14.3. The van der Waals surface area contributed by atoms with Crippen LogP contribution in [0.1, 0.15) is 49.7 Å². The van der Waals surface area contributed by atoms with Crippen LogP contribution in [0.4, 0.5) is 4.39 Å². The summed E-state index contributed by atoms with van der Waals surface area (Å²) in [6.45, 7) is 10.4. The SMILES string of the molecule is C=C(CNC(=O)C(NC(=O)c1nn(Cc2ccc(F)cc2)c2ccccc12)C(C)(C)C)NC1CC1. The molecule has 7 nitrogen and oxygen atoms in total. The molecule has 35 heavy (non-hydrogen) atoms. The number of carbonyl (C=O) groups excluding carboxylic acids is 2. The van der Waals surface area contributed by atoms with Crippen LogP contribution in [0.5, 0.6) is 0 Å². The van der Waals surface area contributed by atoms with Gasteiger partial charge in [0.2, 0.25) is 5.91 Å². The number of rotatable bonds is 9. The summed E-state index contributed by atoms with van der Waals surface area (Å²) >= 11 is 0. The van der Waals surface area contributed by atoms with Crippen molar-refractivity contribution in [3.63, 3.8) is 0 Å². The zero-order chi connectivity index (χ0) is 25.2. The maximum Gasteiger partial charge on any atom is 0.273 e. The molecule has 1 unspecified atom stereocenters. The van der Waals surface area contributed by atoms with Gasteiger partial charge in [-0.15, -0.1) is 0 Å². The number of amides is 2. The molecule has 0 saturated heterocycles. The standard InChI is InChI=1S/C27H32FN5O2/c1-17(30-20-13-14-20)15-29-26(35)24(27(2,3)4)31-25(34)23-21-7-5-6-8-22(21)33(32-23)16-18-9-11-19(28)12-10-18/h5-12,20,24,30H,1,13-16H2,2-4H3,(H,29,35)(H,31,34). The highest BCUT2D eigenvalue weighted by molar-refractivity contribution is 6.06. The van der Waals surface area contributed by atoms with E-state index in [0.717, 1.165) is 29.6 Å². The van der Waals surface area contributed by atoms with Crippen LogP contribution < -0.4 is 16.0 Å². The van der Waals surface area contributed by atoms with E-state index in [0.29, 0.717) is 24.5 Å². The number of hydrogen-bond acceptors (Lipinski definition) is 4. The van der Waals surface area contributed by atoms with E-state index < -0.39 is 17.4 Å². The molecule has 1 aliphatic rings. The predicted molar refractivity (Wildman–Crippen MR) is 134 cm³/mol. The van der Waals surface area contributed by atoms with Crippen molar-refractivity contribution in [3.05, 3.63) is 77.9 Å². The van der Waals surface area contributed by atoms with Gasteiger partial charge in [-0.05, 0) is 42.0 Å². The summed E-state index contributed by atoms with van der Waals surface area (Å²) in [4.78, 5) is 26.4. The first kappa shape index (κ1) is 24.4. The number of nitrogens with one attached hydrogen (secondary N) is 3. The van der Waals surface area contributed by atoms with Crippen molar-refractivity contribution in [1.82, 2.24) is 25.7 Å². The van der Waals surface area contributed by atoms with Crippen molar-refractivity contribution >= 4 is 22.7 Å². The highest BCUT2D eigenvalue weighted by Gasteiger charge is 2.34. The van der Waals surface area contributed by atoms with Gasteiger partial charge in [0.1, 0.15) is 11.9 Å². The normalized spacial score (nSPS) is 14.4. The average Bonchev–Trinajstić information content (AvgIpc) is 3.55. The molecule has 3 aromatic rings. The van der Waals surface area contributed by atoms with Crippen molar-refractivity contribution in [2.45, 2.75) is 52.2 Å². The summed E-state index contributed by atoms with van der Waals surface area (Å²) in [7, 11) is 0. The molecule has 3 N–H and O–H groups in total. The lowest BCUT2D eigenvalue weighted by atomic mass is 9.86. The summed E-state index contributed by atoms with van der Waals surface area (Å²) in [5.74, 6) is -1.01. The Labute approximate surface area is 204 Å². The predicted octanol–water partition coefficient (Wildman–Crippen LogP) is 3.75. The monoisotopic (exact) mass is 477 g/mol. The van der Waals surface area contributed by atoms with Crippen molar-refractivity contribution < 1.29 is 14.0 Å². The molecule has 1 heterocycles. The summed E-state index contributed by atoms with van der Waals surface area (Å²) in [6.07, 6.45) is 2.24. The third-order valence-electron chi connectivity index (χ3n) is 5.98. The van der Waals surface area contributed by atoms with Crippen molar-refractivity contribution in [2.24, 2.45) is 5.41 Å². The molecular weight excluding hydrogens is 445 g/mol. The number of halogens is 1. The molecule has 0 aliphatic heterocycles. The molecule has 0 radical (unpaired) electrons. The van der Waals surface area contributed by atoms with Crippen molar-refractivity contribution in [2.75, 3.05) is 6.54 Å². The van der Waals surface area contributed by atoms with Gasteiger partial charge in [-0.3, -0.25) is 14.3 Å². The Morgan fingerprint density at radius 2 is 1.83 bits per heavy atom. The number of nitrogens with zero attached hydrogens (tertiary/aromatic N) is 2. The molecule has 0 spiro atoms. The first-order chi connectivity index (χ1) is 16.6. The lowest BCUT2D eigenvalue weighted by Crippen LogP contribution is -2.54. The maximum absolute atomic E-state index is 13.4. The Morgan fingerprint density at radius 1 is 1.14 bits per heavy atom. The second-order valence-electron chi connectivity index (χ2n) is 10.2. The molecule has 8 heteroatoms. The molecule has 0 bridgehead atoms. The van der Waals surface area contributed by atoms with E-state index in [1.54, 1.807) is 16.8 Å². The fourth-order valence-electron chi connectivity index (χ4n) is 3.92. The van der Waals surface area contributed by atoms with Crippen LogP contribution >= 0.6 is 0 Å². The molecule has 4 rings (SSSR count). The summed E-state index contributed by atoms with van der Waals surface area (Å²) in [6, 6.07) is 13.3. The van der Waals surface area contributed by atoms with E-state index >= 15 is 0 Å². The molecule has 184 valence electrons. The zero-order valence-corrected chi connectivity index (χ0v) is 20.4. The number of para-hydroxylation sites is 1. The lowest BCUT2D eigenvalue weighted by Gasteiger charge is -2.30. The Morgan fingerprint density at radius 3 is 2.49 bits per heavy atom. The number of hydrogen-bond donors (Lipinski definition) is 3. The summed E-state index contributed by atoms with van der Waals surface area (Å²) in [5.41, 5.74) is 2.10. The third-order valence-corrected chi connectivity index (χ3v) is 5.98. The topological polar surface area (TPSA) is 88.1 Å². The average molecular weight is 478 g/mol. The fourth-order valence-corrected chi connectivity index (χ4v) is 3.92. The van der Waals surface area contributed by atoms with E-state index in [9.17, 15) is 14.0 Å². The number of benzene rings is 2. The third kappa shape index (κ3) is 6.07. The number of fused-ring (bicyclic) bond motifs is 1. The van der Waals surface area contributed by atoms with Crippen LogP contribution in [0.25, 0.3) is 10.9 Å². The quantitative estimate of drug-likeness (QED) is 0.438. The van der Waals surface area contributed by atoms with Crippen molar-refractivity contribution in [3.8, 4) is 0 Å². The maximum atomic E-state index is 13.4. The van der Waals surface area contributed by atoms with E-state index in [4.69, 9.17) is 0 Å². The molecule has 2 amide bonds. The van der Waals surface area contributed by atoms with E-state index in [1.165, 1.54) is 12.1 Å². The van der Waals surface area contributed by atoms with Gasteiger partial charge in [-0.25, -0.2) is 4.39 Å². The lowest BCUT2D eigenvalue weighted by molar-refractivity contribution is -0.125. The van der Waals surface area contributed by atoms with E-state index in [1.807, 2.05) is 45.0 Å². The van der Waals surface area contributed by atoms with Crippen LogP contribution in [-0.2, 0) is 11.3 Å². The highest BCUT2D eigenvalue weighted by atomic mass is 19.1. The Balaban J connectivity index is 1.52. The fraction of sp³-hybridized carbons (Fsp3) is 0.370. The molecule has 1 aromatic heterocycles. The van der Waals surface area contributed by atoms with Crippen molar-refractivity contribution in [1.29, 1.82) is 0 Å².